The minimum absolute atomic E-state index is 0.329. The Bertz CT molecular complexity index is 184. The first kappa shape index (κ1) is 10.9. The van der Waals surface area contributed by atoms with Crippen LogP contribution in [-0.4, -0.2) is 28.2 Å². The van der Waals surface area contributed by atoms with Crippen LogP contribution in [0.25, 0.3) is 0 Å². The molecular weight excluding hydrogens is 186 g/mol. The molecule has 0 aromatic carbocycles. The highest BCUT2D eigenvalue weighted by atomic mass is 32.2. The zero-order chi connectivity index (χ0) is 9.84. The summed E-state index contributed by atoms with van der Waals surface area (Å²) in [7, 11) is 0. The third kappa shape index (κ3) is 3.56. The number of hydrogen-bond acceptors (Lipinski definition) is 3. The molecule has 2 atom stereocenters. The van der Waals surface area contributed by atoms with Crippen LogP contribution in [0.3, 0.4) is 0 Å². The largest absolute Gasteiger partial charge is 0.480 e. The number of hydrogen-bond donors (Lipinski definition) is 2. The number of rotatable bonds is 3. The lowest BCUT2D eigenvalue weighted by Gasteiger charge is -2.29. The van der Waals surface area contributed by atoms with Gasteiger partial charge in [-0.25, -0.2) is 0 Å². The molecular formula is C9H17NO2S. The molecule has 0 bridgehead atoms. The molecule has 1 aliphatic rings. The van der Waals surface area contributed by atoms with Crippen LogP contribution < -0.4 is 5.32 Å². The first-order valence-electron chi connectivity index (χ1n) is 4.70. The summed E-state index contributed by atoms with van der Waals surface area (Å²) in [5.74, 6) is 0.869. The van der Waals surface area contributed by atoms with Crippen molar-refractivity contribution in [1.82, 2.24) is 5.32 Å². The highest BCUT2D eigenvalue weighted by Gasteiger charge is 2.26. The molecule has 1 aliphatic heterocycles. The molecule has 0 aromatic rings. The monoisotopic (exact) mass is 203 g/mol. The molecule has 13 heavy (non-hydrogen) atoms. The van der Waals surface area contributed by atoms with Crippen molar-refractivity contribution >= 4 is 17.7 Å². The van der Waals surface area contributed by atoms with Crippen LogP contribution >= 0.6 is 11.8 Å². The van der Waals surface area contributed by atoms with Crippen molar-refractivity contribution in [3.05, 3.63) is 0 Å². The number of carboxylic acid groups (broad SMARTS) is 1. The summed E-state index contributed by atoms with van der Waals surface area (Å²) >= 11 is 1.84. The van der Waals surface area contributed by atoms with Crippen molar-refractivity contribution < 1.29 is 9.90 Å². The van der Waals surface area contributed by atoms with Gasteiger partial charge in [0.1, 0.15) is 6.04 Å². The van der Waals surface area contributed by atoms with E-state index in [4.69, 9.17) is 5.11 Å². The molecule has 2 unspecified atom stereocenters. The van der Waals surface area contributed by atoms with E-state index < -0.39 is 5.97 Å². The summed E-state index contributed by atoms with van der Waals surface area (Å²) in [6.45, 7) is 4.32. The number of thioether (sulfide) groups is 1. The Balaban J connectivity index is 2.37. The summed E-state index contributed by atoms with van der Waals surface area (Å²) in [5, 5.41) is 12.3. The molecule has 0 amide bonds. The number of carboxylic acids is 1. The Morgan fingerprint density at radius 3 is 2.92 bits per heavy atom. The SMILES string of the molecule is CC(C)CC1NC(C(=O)O)CCS1. The fourth-order valence-electron chi connectivity index (χ4n) is 1.44. The quantitative estimate of drug-likeness (QED) is 0.730. The standard InChI is InChI=1S/C9H17NO2S/c1-6(2)5-8-10-7(9(11)12)3-4-13-8/h6-8,10H,3-5H2,1-2H3,(H,11,12). The van der Waals surface area contributed by atoms with E-state index >= 15 is 0 Å². The fourth-order valence-corrected chi connectivity index (χ4v) is 2.88. The van der Waals surface area contributed by atoms with Crippen LogP contribution in [0.1, 0.15) is 26.7 Å². The van der Waals surface area contributed by atoms with E-state index in [-0.39, 0.29) is 6.04 Å². The van der Waals surface area contributed by atoms with Crippen LogP contribution in [0.15, 0.2) is 0 Å². The second-order valence-corrected chi connectivity index (χ2v) is 5.15. The van der Waals surface area contributed by atoms with Crippen molar-refractivity contribution in [3.8, 4) is 0 Å². The summed E-state index contributed by atoms with van der Waals surface area (Å²) in [5.41, 5.74) is 0. The summed E-state index contributed by atoms with van der Waals surface area (Å²) in [4.78, 5) is 10.7. The van der Waals surface area contributed by atoms with E-state index in [1.807, 2.05) is 11.8 Å². The Hall–Kier alpha value is -0.220. The topological polar surface area (TPSA) is 49.3 Å². The summed E-state index contributed by atoms with van der Waals surface area (Å²) in [6.07, 6.45) is 1.79. The Morgan fingerprint density at radius 2 is 2.38 bits per heavy atom. The lowest BCUT2D eigenvalue weighted by molar-refractivity contribution is -0.139. The maximum atomic E-state index is 10.7. The molecule has 0 spiro atoms. The van der Waals surface area contributed by atoms with Crippen LogP contribution in [0, 0.1) is 5.92 Å². The van der Waals surface area contributed by atoms with Crippen LogP contribution in [0.5, 0.6) is 0 Å². The third-order valence-corrected chi connectivity index (χ3v) is 3.30. The van der Waals surface area contributed by atoms with E-state index in [1.165, 1.54) is 0 Å². The molecule has 0 saturated carbocycles. The third-order valence-electron chi connectivity index (χ3n) is 2.10. The smallest absolute Gasteiger partial charge is 0.320 e. The van der Waals surface area contributed by atoms with Gasteiger partial charge < -0.3 is 5.11 Å². The van der Waals surface area contributed by atoms with Gasteiger partial charge in [0.25, 0.3) is 0 Å². The minimum atomic E-state index is -0.714. The van der Waals surface area contributed by atoms with E-state index in [0.29, 0.717) is 11.3 Å². The van der Waals surface area contributed by atoms with Crippen LogP contribution in [0.2, 0.25) is 0 Å². The van der Waals surface area contributed by atoms with Crippen LogP contribution in [0.4, 0.5) is 0 Å². The highest BCUT2D eigenvalue weighted by Crippen LogP contribution is 2.23. The summed E-state index contributed by atoms with van der Waals surface area (Å²) in [6, 6.07) is -0.329. The maximum Gasteiger partial charge on any atom is 0.320 e. The zero-order valence-electron chi connectivity index (χ0n) is 8.12. The molecule has 0 radical (unpaired) electrons. The second-order valence-electron chi connectivity index (χ2n) is 3.84. The molecule has 0 aromatic heterocycles. The minimum Gasteiger partial charge on any atom is -0.480 e. The van der Waals surface area contributed by atoms with Crippen molar-refractivity contribution in [2.45, 2.75) is 38.1 Å². The van der Waals surface area contributed by atoms with Gasteiger partial charge >= 0.3 is 5.97 Å². The van der Waals surface area contributed by atoms with Crippen molar-refractivity contribution in [2.24, 2.45) is 5.92 Å². The van der Waals surface area contributed by atoms with Gasteiger partial charge in [-0.15, -0.1) is 11.8 Å². The van der Waals surface area contributed by atoms with Gasteiger partial charge in [0.2, 0.25) is 0 Å². The highest BCUT2D eigenvalue weighted by molar-refractivity contribution is 7.99. The molecule has 0 aliphatic carbocycles. The van der Waals surface area contributed by atoms with Crippen molar-refractivity contribution in [3.63, 3.8) is 0 Å². The van der Waals surface area contributed by atoms with Gasteiger partial charge in [0.15, 0.2) is 0 Å². The van der Waals surface area contributed by atoms with Crippen LogP contribution in [-0.2, 0) is 4.79 Å². The van der Waals surface area contributed by atoms with E-state index in [0.717, 1.165) is 18.6 Å². The molecule has 1 saturated heterocycles. The van der Waals surface area contributed by atoms with Gasteiger partial charge in [-0.2, -0.15) is 0 Å². The van der Waals surface area contributed by atoms with Crippen molar-refractivity contribution in [2.75, 3.05) is 5.75 Å². The molecule has 3 nitrogen and oxygen atoms in total. The predicted molar refractivity (Wildman–Crippen MR) is 54.9 cm³/mol. The average Bonchev–Trinajstić information content (AvgIpc) is 2.03. The molecule has 2 N–H and O–H groups in total. The van der Waals surface area contributed by atoms with Crippen molar-refractivity contribution in [1.29, 1.82) is 0 Å². The first-order chi connectivity index (χ1) is 6.09. The van der Waals surface area contributed by atoms with E-state index in [1.54, 1.807) is 0 Å². The molecule has 1 rings (SSSR count). The van der Waals surface area contributed by atoms with Gasteiger partial charge in [0.05, 0.1) is 5.37 Å². The zero-order valence-corrected chi connectivity index (χ0v) is 8.93. The Morgan fingerprint density at radius 1 is 1.69 bits per heavy atom. The van der Waals surface area contributed by atoms with Gasteiger partial charge in [0, 0.05) is 0 Å². The number of carbonyl (C=O) groups is 1. The van der Waals surface area contributed by atoms with Gasteiger partial charge in [-0.1, -0.05) is 13.8 Å². The second kappa shape index (κ2) is 4.86. The van der Waals surface area contributed by atoms with Gasteiger partial charge in [-0.05, 0) is 24.5 Å². The molecule has 1 fully saturated rings. The van der Waals surface area contributed by atoms with E-state index in [9.17, 15) is 4.79 Å². The molecule has 4 heteroatoms. The Labute approximate surface area is 83.3 Å². The average molecular weight is 203 g/mol. The lowest BCUT2D eigenvalue weighted by Crippen LogP contribution is -2.46. The molecule has 76 valence electrons. The van der Waals surface area contributed by atoms with Gasteiger partial charge in [-0.3, -0.25) is 10.1 Å². The Kier molecular flexibility index (Phi) is 4.06. The lowest BCUT2D eigenvalue weighted by atomic mass is 10.1. The van der Waals surface area contributed by atoms with E-state index in [2.05, 4.69) is 19.2 Å². The summed E-state index contributed by atoms with van der Waals surface area (Å²) < 4.78 is 0. The molecule has 1 heterocycles. The number of nitrogens with one attached hydrogen (secondary N) is 1. The predicted octanol–water partition coefficient (Wildman–Crippen LogP) is 1.54. The maximum absolute atomic E-state index is 10.7. The normalized spacial score (nSPS) is 29.2. The fraction of sp³-hybridized carbons (Fsp3) is 0.889. The first-order valence-corrected chi connectivity index (χ1v) is 5.75. The number of aliphatic carboxylic acids is 1.